The number of rotatable bonds is 1. The third-order valence-corrected chi connectivity index (χ3v) is 3.12. The van der Waals surface area contributed by atoms with Gasteiger partial charge >= 0.3 is 0 Å². The van der Waals surface area contributed by atoms with Crippen LogP contribution in [-0.2, 0) is 6.42 Å². The minimum absolute atomic E-state index is 0.225. The monoisotopic (exact) mass is 190 g/mol. The van der Waals surface area contributed by atoms with Gasteiger partial charge in [-0.2, -0.15) is 0 Å². The average molecular weight is 190 g/mol. The van der Waals surface area contributed by atoms with E-state index in [1.807, 2.05) is 0 Å². The molecule has 0 saturated heterocycles. The topological polar surface area (TPSA) is 20.2 Å². The van der Waals surface area contributed by atoms with E-state index in [1.54, 1.807) is 0 Å². The first-order chi connectivity index (χ1) is 6.68. The molecule has 1 atom stereocenters. The van der Waals surface area contributed by atoms with Crippen LogP contribution >= 0.6 is 0 Å². The maximum Gasteiger partial charge on any atom is 0.0792 e. The fourth-order valence-corrected chi connectivity index (χ4v) is 2.15. The van der Waals surface area contributed by atoms with Gasteiger partial charge in [-0.1, -0.05) is 32.0 Å². The van der Waals surface area contributed by atoms with Crippen molar-refractivity contribution in [2.75, 3.05) is 0 Å². The van der Waals surface area contributed by atoms with Crippen LogP contribution in [0.15, 0.2) is 18.2 Å². The van der Waals surface area contributed by atoms with Crippen LogP contribution in [0.2, 0.25) is 0 Å². The lowest BCUT2D eigenvalue weighted by atomic mass is 9.86. The van der Waals surface area contributed by atoms with Crippen LogP contribution in [0.25, 0.3) is 0 Å². The highest BCUT2D eigenvalue weighted by molar-refractivity contribution is 5.36. The minimum atomic E-state index is -0.225. The Morgan fingerprint density at radius 3 is 2.86 bits per heavy atom. The van der Waals surface area contributed by atoms with Crippen LogP contribution in [0.4, 0.5) is 0 Å². The zero-order valence-electron chi connectivity index (χ0n) is 8.96. The third-order valence-electron chi connectivity index (χ3n) is 3.12. The zero-order chi connectivity index (χ0) is 10.1. The predicted octanol–water partition coefficient (Wildman–Crippen LogP) is 3.18. The Bertz CT molecular complexity index is 328. The first kappa shape index (κ1) is 9.72. The summed E-state index contributed by atoms with van der Waals surface area (Å²) in [5.74, 6) is 0.550. The van der Waals surface area contributed by atoms with Crippen LogP contribution in [-0.4, -0.2) is 5.11 Å². The van der Waals surface area contributed by atoms with Crippen molar-refractivity contribution in [1.82, 2.24) is 0 Å². The lowest BCUT2D eigenvalue weighted by Crippen LogP contribution is -2.09. The third kappa shape index (κ3) is 1.69. The first-order valence-electron chi connectivity index (χ1n) is 5.49. The van der Waals surface area contributed by atoms with Gasteiger partial charge in [0.2, 0.25) is 0 Å². The highest BCUT2D eigenvalue weighted by atomic mass is 16.3. The predicted molar refractivity (Wildman–Crippen MR) is 58.4 cm³/mol. The van der Waals surface area contributed by atoms with Gasteiger partial charge in [0.1, 0.15) is 0 Å². The summed E-state index contributed by atoms with van der Waals surface area (Å²) < 4.78 is 0. The van der Waals surface area contributed by atoms with Gasteiger partial charge in [-0.3, -0.25) is 0 Å². The second-order valence-electron chi connectivity index (χ2n) is 4.52. The Morgan fingerprint density at radius 2 is 2.14 bits per heavy atom. The maximum atomic E-state index is 9.87. The Hall–Kier alpha value is -0.820. The van der Waals surface area contributed by atoms with E-state index in [0.29, 0.717) is 5.92 Å². The number of aliphatic hydroxyl groups excluding tert-OH is 1. The normalized spacial score (nSPS) is 21.0. The van der Waals surface area contributed by atoms with Crippen LogP contribution in [0.3, 0.4) is 0 Å². The summed E-state index contributed by atoms with van der Waals surface area (Å²) in [7, 11) is 0. The van der Waals surface area contributed by atoms with Gasteiger partial charge in [-0.05, 0) is 41.9 Å². The molecule has 1 N–H and O–H groups in total. The Labute approximate surface area is 85.8 Å². The summed E-state index contributed by atoms with van der Waals surface area (Å²) in [6, 6.07) is 6.57. The summed E-state index contributed by atoms with van der Waals surface area (Å²) >= 11 is 0. The summed E-state index contributed by atoms with van der Waals surface area (Å²) in [5, 5.41) is 9.87. The van der Waals surface area contributed by atoms with E-state index in [1.165, 1.54) is 16.7 Å². The largest absolute Gasteiger partial charge is 0.388 e. The molecule has 0 aromatic heterocycles. The van der Waals surface area contributed by atoms with Crippen LogP contribution in [0, 0.1) is 0 Å². The van der Waals surface area contributed by atoms with Gasteiger partial charge in [-0.25, -0.2) is 0 Å². The summed E-state index contributed by atoms with van der Waals surface area (Å²) in [6.45, 7) is 4.38. The van der Waals surface area contributed by atoms with Crippen molar-refractivity contribution in [2.24, 2.45) is 0 Å². The second-order valence-corrected chi connectivity index (χ2v) is 4.52. The molecule has 1 aliphatic rings. The van der Waals surface area contributed by atoms with Crippen molar-refractivity contribution in [2.45, 2.75) is 45.1 Å². The highest BCUT2D eigenvalue weighted by Crippen LogP contribution is 2.31. The van der Waals surface area contributed by atoms with Gasteiger partial charge < -0.3 is 5.11 Å². The van der Waals surface area contributed by atoms with Gasteiger partial charge in [0.15, 0.2) is 0 Å². The molecule has 2 rings (SSSR count). The Balaban J connectivity index is 2.41. The molecule has 1 heteroatoms. The standard InChI is InChI=1S/C13H18O/c1-9(2)11-7-6-10-4-3-5-13(14)12(10)8-11/h6-9,13-14H,3-5H2,1-2H3. The second kappa shape index (κ2) is 3.74. The number of benzene rings is 1. The fourth-order valence-electron chi connectivity index (χ4n) is 2.15. The summed E-state index contributed by atoms with van der Waals surface area (Å²) in [6.07, 6.45) is 2.95. The molecule has 0 fully saturated rings. The van der Waals surface area contributed by atoms with E-state index in [0.717, 1.165) is 19.3 Å². The molecule has 0 heterocycles. The molecule has 0 radical (unpaired) electrons. The maximum absolute atomic E-state index is 9.87. The number of hydrogen-bond donors (Lipinski definition) is 1. The van der Waals surface area contributed by atoms with Gasteiger partial charge in [0.05, 0.1) is 6.10 Å². The first-order valence-corrected chi connectivity index (χ1v) is 5.49. The fraction of sp³-hybridized carbons (Fsp3) is 0.538. The van der Waals surface area contributed by atoms with Crippen molar-refractivity contribution in [3.63, 3.8) is 0 Å². The molecule has 1 unspecified atom stereocenters. The van der Waals surface area contributed by atoms with Gasteiger partial charge in [0, 0.05) is 0 Å². The molecule has 0 aliphatic heterocycles. The van der Waals surface area contributed by atoms with E-state index in [9.17, 15) is 5.11 Å². The molecule has 1 aliphatic carbocycles. The van der Waals surface area contributed by atoms with Crippen molar-refractivity contribution in [1.29, 1.82) is 0 Å². The number of aliphatic hydroxyl groups is 1. The van der Waals surface area contributed by atoms with Crippen molar-refractivity contribution in [3.8, 4) is 0 Å². The number of fused-ring (bicyclic) bond motifs is 1. The van der Waals surface area contributed by atoms with E-state index < -0.39 is 0 Å². The lowest BCUT2D eigenvalue weighted by molar-refractivity contribution is 0.156. The van der Waals surface area contributed by atoms with E-state index >= 15 is 0 Å². The molecule has 0 bridgehead atoms. The van der Waals surface area contributed by atoms with Gasteiger partial charge in [-0.15, -0.1) is 0 Å². The lowest BCUT2D eigenvalue weighted by Gasteiger charge is -2.22. The number of hydrogen-bond acceptors (Lipinski definition) is 1. The summed E-state index contributed by atoms with van der Waals surface area (Å²) in [4.78, 5) is 0. The molecule has 1 aromatic rings. The van der Waals surface area contributed by atoms with Crippen LogP contribution in [0.1, 0.15) is 55.4 Å². The molecule has 1 nitrogen and oxygen atoms in total. The SMILES string of the molecule is CC(C)c1ccc2c(c1)C(O)CCC2. The molecular weight excluding hydrogens is 172 g/mol. The molecule has 76 valence electrons. The van der Waals surface area contributed by atoms with E-state index in [4.69, 9.17) is 0 Å². The zero-order valence-corrected chi connectivity index (χ0v) is 8.96. The molecular formula is C13H18O. The van der Waals surface area contributed by atoms with Crippen molar-refractivity contribution >= 4 is 0 Å². The minimum Gasteiger partial charge on any atom is -0.388 e. The molecule has 0 saturated carbocycles. The Morgan fingerprint density at radius 1 is 1.36 bits per heavy atom. The van der Waals surface area contributed by atoms with Crippen LogP contribution < -0.4 is 0 Å². The van der Waals surface area contributed by atoms with Crippen molar-refractivity contribution in [3.05, 3.63) is 34.9 Å². The molecule has 0 amide bonds. The van der Waals surface area contributed by atoms with Crippen molar-refractivity contribution < 1.29 is 5.11 Å². The van der Waals surface area contributed by atoms with Gasteiger partial charge in [0.25, 0.3) is 0 Å². The number of aryl methyl sites for hydroxylation is 1. The quantitative estimate of drug-likeness (QED) is 0.721. The molecule has 14 heavy (non-hydrogen) atoms. The highest BCUT2D eigenvalue weighted by Gasteiger charge is 2.18. The molecule has 0 spiro atoms. The molecule has 1 aromatic carbocycles. The summed E-state index contributed by atoms with van der Waals surface area (Å²) in [5.41, 5.74) is 3.85. The van der Waals surface area contributed by atoms with Crippen LogP contribution in [0.5, 0.6) is 0 Å². The smallest absolute Gasteiger partial charge is 0.0792 e. The van der Waals surface area contributed by atoms with E-state index in [-0.39, 0.29) is 6.10 Å². The Kier molecular flexibility index (Phi) is 2.60. The van der Waals surface area contributed by atoms with E-state index in [2.05, 4.69) is 32.0 Å². The average Bonchev–Trinajstić information content (AvgIpc) is 2.18.